The second-order valence-corrected chi connectivity index (χ2v) is 18.1. The van der Waals surface area contributed by atoms with E-state index in [1.807, 2.05) is 59.7 Å². The number of carbonyl (C=O) groups is 2. The Morgan fingerprint density at radius 2 is 1.54 bits per heavy atom. The first-order valence-electron chi connectivity index (χ1n) is 22.3. The second kappa shape index (κ2) is 22.8. The van der Waals surface area contributed by atoms with Crippen LogP contribution in [0.1, 0.15) is 84.8 Å². The van der Waals surface area contributed by atoms with Gasteiger partial charge in [-0.2, -0.15) is 0 Å². The maximum atomic E-state index is 14.0. The Balaban J connectivity index is 1.44. The number of aliphatic hydroxyl groups excluding tert-OH is 3. The van der Waals surface area contributed by atoms with Gasteiger partial charge in [-0.15, -0.1) is 0 Å². The summed E-state index contributed by atoms with van der Waals surface area (Å²) in [7, 11) is 6.84. The Labute approximate surface area is 363 Å². The minimum Gasteiger partial charge on any atom is -0.462 e. The number of ketones is 1. The van der Waals surface area contributed by atoms with Gasteiger partial charge in [0.2, 0.25) is 0 Å². The first-order chi connectivity index (χ1) is 29.0. The monoisotopic (exact) mass is 859 g/mol. The molecule has 0 spiro atoms. The Morgan fingerprint density at radius 1 is 0.869 bits per heavy atom. The van der Waals surface area contributed by atoms with Crippen LogP contribution in [0.2, 0.25) is 0 Å². The summed E-state index contributed by atoms with van der Waals surface area (Å²) in [5, 5.41) is 34.3. The summed E-state index contributed by atoms with van der Waals surface area (Å²) in [4.78, 5) is 32.2. The predicted octanol–water partition coefficient (Wildman–Crippen LogP) is 4.41. The van der Waals surface area contributed by atoms with Crippen LogP contribution in [0.15, 0.2) is 48.1 Å². The molecule has 5 rings (SSSR count). The van der Waals surface area contributed by atoms with Gasteiger partial charge in [0.15, 0.2) is 18.4 Å². The number of benzene rings is 1. The number of nitrogens with zero attached hydrogens (tertiary/aromatic N) is 2. The van der Waals surface area contributed by atoms with E-state index in [0.29, 0.717) is 25.7 Å². The fourth-order valence-electron chi connectivity index (χ4n) is 9.52. The highest BCUT2D eigenvalue weighted by Crippen LogP contribution is 2.36. The highest BCUT2D eigenvalue weighted by molar-refractivity contribution is 5.91. The normalized spacial score (nSPS) is 40.0. The molecule has 1 aromatic rings. The van der Waals surface area contributed by atoms with Crippen LogP contribution in [0, 0.1) is 23.7 Å². The van der Waals surface area contributed by atoms with E-state index in [1.165, 1.54) is 25.3 Å². The molecule has 16 atom stereocenters. The molecule has 0 radical (unpaired) electrons. The number of carbonyl (C=O) groups excluding carboxylic acids is 2. The van der Waals surface area contributed by atoms with Crippen molar-refractivity contribution < 1.29 is 58.1 Å². The van der Waals surface area contributed by atoms with Crippen molar-refractivity contribution in [2.24, 2.45) is 23.7 Å². The van der Waals surface area contributed by atoms with Crippen LogP contribution < -0.4 is 0 Å². The van der Waals surface area contributed by atoms with Crippen LogP contribution in [0.25, 0.3) is 0 Å². The number of hydrogen-bond acceptors (Lipinski definition) is 14. The van der Waals surface area contributed by atoms with Gasteiger partial charge in [0, 0.05) is 51.1 Å². The van der Waals surface area contributed by atoms with E-state index in [1.54, 1.807) is 19.1 Å². The average Bonchev–Trinajstić information content (AvgIpc) is 3.65. The molecule has 61 heavy (non-hydrogen) atoms. The van der Waals surface area contributed by atoms with Gasteiger partial charge in [-0.1, -0.05) is 62.8 Å². The third kappa shape index (κ3) is 12.8. The van der Waals surface area contributed by atoms with E-state index in [4.69, 9.17) is 33.2 Å². The van der Waals surface area contributed by atoms with Gasteiger partial charge < -0.3 is 53.4 Å². The number of likely N-dealkylation sites (N-methyl/N-ethyl adjacent to an activating group) is 1. The summed E-state index contributed by atoms with van der Waals surface area (Å²) in [6, 6.07) is 8.21. The predicted molar refractivity (Wildman–Crippen MR) is 229 cm³/mol. The number of hydrogen-bond donors (Lipinski definition) is 3. The number of aliphatic hydroxyl groups is 3. The third-order valence-electron chi connectivity index (χ3n) is 13.3. The lowest BCUT2D eigenvalue weighted by atomic mass is 9.79. The third-order valence-corrected chi connectivity index (χ3v) is 13.3. The molecule has 0 bridgehead atoms. The van der Waals surface area contributed by atoms with Crippen LogP contribution >= 0.6 is 0 Å². The van der Waals surface area contributed by atoms with Crippen LogP contribution in [-0.2, 0) is 55.8 Å². The number of ether oxygens (including phenoxy) is 7. The average molecular weight is 859 g/mol. The molecular formula is C47H74N2O12. The second-order valence-electron chi connectivity index (χ2n) is 18.1. The maximum absolute atomic E-state index is 14.0. The van der Waals surface area contributed by atoms with Crippen molar-refractivity contribution in [1.82, 2.24) is 9.80 Å². The van der Waals surface area contributed by atoms with Crippen molar-refractivity contribution in [2.75, 3.05) is 41.5 Å². The van der Waals surface area contributed by atoms with Crippen LogP contribution in [-0.4, -0.2) is 152 Å². The van der Waals surface area contributed by atoms with Gasteiger partial charge >= 0.3 is 5.97 Å². The molecule has 14 heteroatoms. The van der Waals surface area contributed by atoms with Crippen molar-refractivity contribution in [2.45, 2.75) is 160 Å². The van der Waals surface area contributed by atoms with E-state index in [2.05, 4.69) is 29.2 Å². The fourth-order valence-corrected chi connectivity index (χ4v) is 9.52. The minimum absolute atomic E-state index is 0.0522. The zero-order chi connectivity index (χ0) is 44.5. The standard InChI is InChI=1S/C47H74N2O12/c1-11-39-35(26-57-47-45(56-10)44(55-9)41(53)31(6)59-47)20-27(2)16-17-37(50)28(3)21-32(18-19-49-24-33-14-12-13-15-34(33)25-49)43(30(5)38(51)23-40(52)60-39)61-46-42(54)36(48(7)8)22-29(4)58-46/h12-17,20,28-32,35-36,38-39,41-47,51,53-54H,11,18-19,21-26H2,1-10H3/b17-16+,27-20+/t28-,29-,30+,31-,32+,35-,36+,38-,39-,41-,42-,43-,44-,45-,46+,47-/m1/s1. The van der Waals surface area contributed by atoms with Gasteiger partial charge in [-0.05, 0) is 90.2 Å². The number of rotatable bonds is 12. The smallest absolute Gasteiger partial charge is 0.308 e. The molecule has 4 heterocycles. The number of fused-ring (bicyclic) bond motifs is 1. The molecule has 0 unspecified atom stereocenters. The lowest BCUT2D eigenvalue weighted by Gasteiger charge is -2.44. The largest absolute Gasteiger partial charge is 0.462 e. The summed E-state index contributed by atoms with van der Waals surface area (Å²) in [6.07, 6.45) is -1.37. The SMILES string of the molecule is CC[C@H]1OC(=O)C[C@@H](O)[C@H](C)[C@@H](O[C@@H]2O[C@H](C)C[C@H](N(C)C)[C@H]2O)[C@@H](CCN2Cc3ccccc3C2)C[C@@H](C)C(=O)/C=C/C(C)=C/[C@@H]1CO[C@@H]1O[C@H](C)[C@@H](O)[C@@H](OC)[C@H]1OC. The Hall–Kier alpha value is -2.60. The van der Waals surface area contributed by atoms with Crippen molar-refractivity contribution in [3.63, 3.8) is 0 Å². The van der Waals surface area contributed by atoms with E-state index in [-0.39, 0.29) is 36.9 Å². The molecule has 2 fully saturated rings. The minimum atomic E-state index is -1.18. The zero-order valence-electron chi connectivity index (χ0n) is 38.1. The summed E-state index contributed by atoms with van der Waals surface area (Å²) in [5.41, 5.74) is 3.37. The zero-order valence-corrected chi connectivity index (χ0v) is 38.1. The van der Waals surface area contributed by atoms with Crippen LogP contribution in [0.5, 0.6) is 0 Å². The summed E-state index contributed by atoms with van der Waals surface area (Å²) < 4.78 is 42.9. The molecule has 0 aromatic heterocycles. The first kappa shape index (κ1) is 49.4. The quantitative estimate of drug-likeness (QED) is 0.253. The van der Waals surface area contributed by atoms with Crippen molar-refractivity contribution in [3.8, 4) is 0 Å². The Kier molecular flexibility index (Phi) is 18.5. The molecule has 4 aliphatic heterocycles. The highest BCUT2D eigenvalue weighted by Gasteiger charge is 2.46. The Bertz CT molecular complexity index is 1600. The molecule has 2 saturated heterocycles. The number of esters is 1. The van der Waals surface area contributed by atoms with Crippen LogP contribution in [0.4, 0.5) is 0 Å². The topological polar surface area (TPSA) is 166 Å². The summed E-state index contributed by atoms with van der Waals surface area (Å²) in [5.74, 6) is -2.39. The molecule has 1 aromatic carbocycles. The van der Waals surface area contributed by atoms with E-state index >= 15 is 0 Å². The molecule has 4 aliphatic rings. The molecular weight excluding hydrogens is 785 g/mol. The van der Waals surface area contributed by atoms with E-state index in [9.17, 15) is 24.9 Å². The first-order valence-corrected chi connectivity index (χ1v) is 22.3. The molecule has 344 valence electrons. The number of methoxy groups -OCH3 is 2. The van der Waals surface area contributed by atoms with Gasteiger partial charge in [0.05, 0.1) is 37.4 Å². The molecule has 0 amide bonds. The van der Waals surface area contributed by atoms with Gasteiger partial charge in [-0.3, -0.25) is 14.5 Å². The summed E-state index contributed by atoms with van der Waals surface area (Å²) >= 11 is 0. The number of cyclic esters (lactones) is 1. The lowest BCUT2D eigenvalue weighted by Crippen LogP contribution is -2.59. The van der Waals surface area contributed by atoms with E-state index < -0.39 is 85.1 Å². The lowest BCUT2D eigenvalue weighted by molar-refractivity contribution is -0.304. The van der Waals surface area contributed by atoms with Gasteiger partial charge in [0.1, 0.15) is 30.5 Å². The van der Waals surface area contributed by atoms with Crippen LogP contribution in [0.3, 0.4) is 0 Å². The molecule has 0 aliphatic carbocycles. The van der Waals surface area contributed by atoms with Gasteiger partial charge in [-0.25, -0.2) is 0 Å². The highest BCUT2D eigenvalue weighted by atomic mass is 16.7. The van der Waals surface area contributed by atoms with Crippen molar-refractivity contribution in [1.29, 1.82) is 0 Å². The maximum Gasteiger partial charge on any atom is 0.308 e. The van der Waals surface area contributed by atoms with E-state index in [0.717, 1.165) is 25.2 Å². The fraction of sp³-hybridized carbons (Fsp3) is 0.745. The van der Waals surface area contributed by atoms with Crippen molar-refractivity contribution in [3.05, 3.63) is 59.2 Å². The van der Waals surface area contributed by atoms with Gasteiger partial charge in [0.25, 0.3) is 0 Å². The Morgan fingerprint density at radius 3 is 2.16 bits per heavy atom. The molecule has 14 nitrogen and oxygen atoms in total. The number of allylic oxidation sites excluding steroid dienone is 3. The molecule has 0 saturated carbocycles. The summed E-state index contributed by atoms with van der Waals surface area (Å²) in [6.45, 7) is 13.7. The van der Waals surface area contributed by atoms with Crippen molar-refractivity contribution >= 4 is 11.8 Å². The molecule has 3 N–H and O–H groups in total.